The van der Waals surface area contributed by atoms with E-state index in [1.807, 2.05) is 16.3 Å². The molecular weight excluding hydrogens is 347 g/mol. The molecule has 2 aliphatic heterocycles. The van der Waals surface area contributed by atoms with E-state index < -0.39 is 5.82 Å². The number of aliphatic imine (C=N–C) groups is 1. The second kappa shape index (κ2) is 5.72. The summed E-state index contributed by atoms with van der Waals surface area (Å²) in [7, 11) is 0. The summed E-state index contributed by atoms with van der Waals surface area (Å²) in [5.41, 5.74) is 6.66. The van der Waals surface area contributed by atoms with E-state index in [-0.39, 0.29) is 10.7 Å². The summed E-state index contributed by atoms with van der Waals surface area (Å²) in [6, 6.07) is 4.11. The molecule has 0 bridgehead atoms. The largest absolute Gasteiger partial charge is 0.379 e. The van der Waals surface area contributed by atoms with Crippen molar-refractivity contribution in [3.63, 3.8) is 0 Å². The first-order chi connectivity index (χ1) is 11.6. The SMILES string of the molecule is N#Cc1csc([C@]23CN(c4ncc(F)cn4)C[C@@H]2CN=C(N)S3)c1. The fraction of sp³-hybridized carbons (Fsp3) is 0.333. The molecule has 0 saturated carbocycles. The second-order valence-corrected chi connectivity index (χ2v) is 8.02. The molecule has 2 aromatic rings. The van der Waals surface area contributed by atoms with E-state index >= 15 is 0 Å². The Labute approximate surface area is 146 Å². The number of anilines is 1. The highest BCUT2D eigenvalue weighted by Crippen LogP contribution is 2.52. The number of amidine groups is 1. The molecule has 1 saturated heterocycles. The van der Waals surface area contributed by atoms with Crippen molar-refractivity contribution in [3.8, 4) is 6.07 Å². The molecule has 24 heavy (non-hydrogen) atoms. The van der Waals surface area contributed by atoms with Gasteiger partial charge in [0.25, 0.3) is 0 Å². The van der Waals surface area contributed by atoms with Crippen LogP contribution >= 0.6 is 23.1 Å². The van der Waals surface area contributed by atoms with E-state index in [4.69, 9.17) is 11.0 Å². The Kier molecular flexibility index (Phi) is 3.66. The summed E-state index contributed by atoms with van der Waals surface area (Å²) in [4.78, 5) is 15.7. The quantitative estimate of drug-likeness (QED) is 0.880. The number of hydrogen-bond donors (Lipinski definition) is 1. The molecule has 0 amide bonds. The third-order valence-electron chi connectivity index (χ3n) is 4.32. The molecule has 2 atom stereocenters. The minimum absolute atomic E-state index is 0.230. The van der Waals surface area contributed by atoms with Crippen LogP contribution in [0.1, 0.15) is 10.4 Å². The fourth-order valence-corrected chi connectivity index (χ4v) is 5.68. The van der Waals surface area contributed by atoms with Crippen LogP contribution in [-0.2, 0) is 4.75 Å². The number of halogens is 1. The summed E-state index contributed by atoms with van der Waals surface area (Å²) in [6.45, 7) is 1.99. The standard InChI is InChI=1S/C15H13FN6S2/c16-11-4-20-14(21-5-11)22-6-10-3-19-13(18)24-15(10,8-22)12-1-9(2-17)7-23-12/h1,4-5,7,10H,3,6,8H2,(H2,18,19)/t10-,15-/m0/s1. The number of hydrogen-bond acceptors (Lipinski definition) is 8. The van der Waals surface area contributed by atoms with Crippen molar-refractivity contribution >= 4 is 34.2 Å². The lowest BCUT2D eigenvalue weighted by Crippen LogP contribution is -2.38. The highest BCUT2D eigenvalue weighted by atomic mass is 32.2. The average molecular weight is 360 g/mol. The first-order valence-corrected chi connectivity index (χ1v) is 9.01. The molecular formula is C15H13FN6S2. The Hall–Kier alpha value is -2.18. The molecule has 4 rings (SSSR count). The lowest BCUT2D eigenvalue weighted by atomic mass is 9.93. The highest BCUT2D eigenvalue weighted by Gasteiger charge is 2.52. The second-order valence-electron chi connectivity index (χ2n) is 5.76. The van der Waals surface area contributed by atoms with Crippen molar-refractivity contribution in [2.75, 3.05) is 24.5 Å². The Morgan fingerprint density at radius 2 is 2.21 bits per heavy atom. The Morgan fingerprint density at radius 3 is 2.92 bits per heavy atom. The number of nitrogens with two attached hydrogens (primary N) is 1. The predicted molar refractivity (Wildman–Crippen MR) is 92.5 cm³/mol. The van der Waals surface area contributed by atoms with E-state index in [9.17, 15) is 4.39 Å². The van der Waals surface area contributed by atoms with Crippen molar-refractivity contribution in [1.29, 1.82) is 5.26 Å². The fourth-order valence-electron chi connectivity index (χ4n) is 3.20. The van der Waals surface area contributed by atoms with Crippen LogP contribution in [0.3, 0.4) is 0 Å². The molecule has 0 aliphatic carbocycles. The molecule has 0 unspecified atom stereocenters. The minimum atomic E-state index is -0.455. The molecule has 2 N–H and O–H groups in total. The highest BCUT2D eigenvalue weighted by molar-refractivity contribution is 8.14. The minimum Gasteiger partial charge on any atom is -0.379 e. The molecule has 0 spiro atoms. The molecule has 0 radical (unpaired) electrons. The summed E-state index contributed by atoms with van der Waals surface area (Å²) >= 11 is 3.11. The summed E-state index contributed by atoms with van der Waals surface area (Å²) in [5.74, 6) is 0.277. The lowest BCUT2D eigenvalue weighted by molar-refractivity contribution is 0.494. The maximum atomic E-state index is 13.1. The molecule has 6 nitrogen and oxygen atoms in total. The number of nitrogens with zero attached hydrogens (tertiary/aromatic N) is 5. The Balaban J connectivity index is 1.72. The van der Waals surface area contributed by atoms with Gasteiger partial charge in [0, 0.05) is 35.8 Å². The number of rotatable bonds is 2. The van der Waals surface area contributed by atoms with Gasteiger partial charge in [-0.3, -0.25) is 4.99 Å². The molecule has 9 heteroatoms. The van der Waals surface area contributed by atoms with Gasteiger partial charge in [0.05, 0.1) is 22.7 Å². The summed E-state index contributed by atoms with van der Waals surface area (Å²) in [5, 5.41) is 11.5. The molecule has 122 valence electrons. The zero-order valence-electron chi connectivity index (χ0n) is 12.5. The van der Waals surface area contributed by atoms with Crippen LogP contribution in [0.4, 0.5) is 10.3 Å². The van der Waals surface area contributed by atoms with Gasteiger partial charge >= 0.3 is 0 Å². The van der Waals surface area contributed by atoms with Gasteiger partial charge in [-0.1, -0.05) is 11.8 Å². The van der Waals surface area contributed by atoms with Crippen molar-refractivity contribution in [2.24, 2.45) is 16.6 Å². The third-order valence-corrected chi connectivity index (χ3v) is 6.94. The van der Waals surface area contributed by atoms with Gasteiger partial charge in [-0.2, -0.15) is 5.26 Å². The van der Waals surface area contributed by atoms with Gasteiger partial charge < -0.3 is 10.6 Å². The number of fused-ring (bicyclic) bond motifs is 1. The first-order valence-electron chi connectivity index (χ1n) is 7.31. The van der Waals surface area contributed by atoms with Crippen molar-refractivity contribution < 1.29 is 4.39 Å². The van der Waals surface area contributed by atoms with Gasteiger partial charge in [0.15, 0.2) is 11.0 Å². The van der Waals surface area contributed by atoms with Crippen LogP contribution in [-0.4, -0.2) is 34.8 Å². The number of aromatic nitrogens is 2. The monoisotopic (exact) mass is 360 g/mol. The van der Waals surface area contributed by atoms with Crippen LogP contribution in [0.25, 0.3) is 0 Å². The van der Waals surface area contributed by atoms with Gasteiger partial charge in [0.2, 0.25) is 5.95 Å². The molecule has 2 aliphatic rings. The van der Waals surface area contributed by atoms with Crippen LogP contribution < -0.4 is 10.6 Å². The van der Waals surface area contributed by atoms with E-state index in [1.165, 1.54) is 12.4 Å². The van der Waals surface area contributed by atoms with Crippen LogP contribution in [0.5, 0.6) is 0 Å². The number of thiophene rings is 1. The maximum absolute atomic E-state index is 13.1. The van der Waals surface area contributed by atoms with E-state index in [1.54, 1.807) is 23.1 Å². The summed E-state index contributed by atoms with van der Waals surface area (Å²) in [6.07, 6.45) is 2.35. The predicted octanol–water partition coefficient (Wildman–Crippen LogP) is 1.94. The van der Waals surface area contributed by atoms with Gasteiger partial charge in [-0.15, -0.1) is 11.3 Å². The van der Waals surface area contributed by atoms with Gasteiger partial charge in [-0.05, 0) is 6.07 Å². The van der Waals surface area contributed by atoms with E-state index in [0.29, 0.717) is 29.8 Å². The van der Waals surface area contributed by atoms with Crippen LogP contribution in [0.2, 0.25) is 0 Å². The molecule has 4 heterocycles. The van der Waals surface area contributed by atoms with Gasteiger partial charge in [0.1, 0.15) is 6.07 Å². The topological polar surface area (TPSA) is 91.2 Å². The van der Waals surface area contributed by atoms with Crippen molar-refractivity contribution in [1.82, 2.24) is 9.97 Å². The lowest BCUT2D eigenvalue weighted by Gasteiger charge is -2.34. The molecule has 0 aromatic carbocycles. The zero-order valence-corrected chi connectivity index (χ0v) is 14.1. The molecule has 2 aromatic heterocycles. The van der Waals surface area contributed by atoms with E-state index in [2.05, 4.69) is 21.0 Å². The Morgan fingerprint density at radius 1 is 1.42 bits per heavy atom. The van der Waals surface area contributed by atoms with Crippen LogP contribution in [0.15, 0.2) is 28.8 Å². The first kappa shape index (κ1) is 15.4. The van der Waals surface area contributed by atoms with Crippen molar-refractivity contribution in [2.45, 2.75) is 4.75 Å². The zero-order chi connectivity index (χ0) is 16.7. The maximum Gasteiger partial charge on any atom is 0.225 e. The van der Waals surface area contributed by atoms with Gasteiger partial charge in [-0.25, -0.2) is 14.4 Å². The van der Waals surface area contributed by atoms with E-state index in [0.717, 1.165) is 11.4 Å². The van der Waals surface area contributed by atoms with Crippen molar-refractivity contribution in [3.05, 3.63) is 40.1 Å². The number of nitriles is 1. The third kappa shape index (κ3) is 2.42. The van der Waals surface area contributed by atoms with Crippen LogP contribution in [0, 0.1) is 23.1 Å². The summed E-state index contributed by atoms with van der Waals surface area (Å²) < 4.78 is 12.8. The number of thioether (sulfide) groups is 1. The normalized spacial score (nSPS) is 25.9. The Bertz CT molecular complexity index is 842. The molecule has 1 fully saturated rings. The average Bonchev–Trinajstić information content (AvgIpc) is 3.20. The smallest absolute Gasteiger partial charge is 0.225 e.